The molecule has 154 valence electrons. The Labute approximate surface area is 170 Å². The second-order valence-corrected chi connectivity index (χ2v) is 7.66. The van der Waals surface area contributed by atoms with Gasteiger partial charge in [0, 0.05) is 36.4 Å². The monoisotopic (exact) mass is 397 g/mol. The van der Waals surface area contributed by atoms with Crippen molar-refractivity contribution in [2.24, 2.45) is 0 Å². The van der Waals surface area contributed by atoms with Gasteiger partial charge in [0.05, 0.1) is 14.2 Å². The molecule has 1 amide bonds. The fraction of sp³-hybridized carbons (Fsp3) is 0.476. The zero-order valence-corrected chi connectivity index (χ0v) is 16.8. The summed E-state index contributed by atoms with van der Waals surface area (Å²) in [5.74, 6) is 0.995. The van der Waals surface area contributed by atoms with E-state index >= 15 is 0 Å². The largest absolute Gasteiger partial charge is 0.496 e. The van der Waals surface area contributed by atoms with Crippen molar-refractivity contribution in [3.8, 4) is 11.6 Å². The minimum atomic E-state index is -0.218. The molecule has 3 heterocycles. The van der Waals surface area contributed by atoms with E-state index in [0.717, 1.165) is 38.0 Å². The van der Waals surface area contributed by atoms with Crippen LogP contribution in [-0.4, -0.2) is 53.1 Å². The summed E-state index contributed by atoms with van der Waals surface area (Å²) in [5, 5.41) is 3.15. The van der Waals surface area contributed by atoms with Crippen molar-refractivity contribution in [1.82, 2.24) is 20.2 Å². The maximum absolute atomic E-state index is 12.8. The summed E-state index contributed by atoms with van der Waals surface area (Å²) in [5.41, 5.74) is 7.10. The van der Waals surface area contributed by atoms with E-state index in [4.69, 9.17) is 15.2 Å². The summed E-state index contributed by atoms with van der Waals surface area (Å²) in [7, 11) is 3.18. The van der Waals surface area contributed by atoms with E-state index in [1.165, 1.54) is 18.9 Å². The number of fused-ring (bicyclic) bond motifs is 2. The first-order valence-corrected chi connectivity index (χ1v) is 9.94. The number of piperidine rings is 1. The van der Waals surface area contributed by atoms with Crippen LogP contribution < -0.4 is 20.5 Å². The Bertz CT molecular complexity index is 876. The highest BCUT2D eigenvalue weighted by molar-refractivity contribution is 5.96. The Morgan fingerprint density at radius 2 is 1.93 bits per heavy atom. The number of carbonyl (C=O) groups is 1. The van der Waals surface area contributed by atoms with Gasteiger partial charge in [0.25, 0.3) is 5.91 Å². The lowest BCUT2D eigenvalue weighted by atomic mass is 9.96. The number of methoxy groups -OCH3 is 2. The van der Waals surface area contributed by atoms with Crippen LogP contribution in [0.15, 0.2) is 30.5 Å². The van der Waals surface area contributed by atoms with Crippen molar-refractivity contribution in [1.29, 1.82) is 0 Å². The zero-order valence-electron chi connectivity index (χ0n) is 16.8. The predicted octanol–water partition coefficient (Wildman–Crippen LogP) is 2.00. The number of rotatable bonds is 6. The van der Waals surface area contributed by atoms with Crippen LogP contribution in [0.4, 0.5) is 5.95 Å². The number of para-hydroxylation sites is 1. The van der Waals surface area contributed by atoms with Gasteiger partial charge >= 0.3 is 0 Å². The molecule has 1 aromatic heterocycles. The number of hydrogen-bond acceptors (Lipinski definition) is 7. The molecule has 4 rings (SSSR count). The van der Waals surface area contributed by atoms with E-state index in [1.54, 1.807) is 7.11 Å². The number of ether oxygens (including phenoxy) is 2. The van der Waals surface area contributed by atoms with Gasteiger partial charge in [-0.15, -0.1) is 0 Å². The molecule has 3 N–H and O–H groups in total. The normalized spacial score (nSPS) is 23.6. The minimum absolute atomic E-state index is 0.0843. The number of nitrogens with two attached hydrogens (primary N) is 1. The van der Waals surface area contributed by atoms with Crippen molar-refractivity contribution < 1.29 is 14.3 Å². The molecule has 2 bridgehead atoms. The molecular formula is C21H27N5O3. The molecule has 8 nitrogen and oxygen atoms in total. The number of benzene rings is 1. The molecule has 29 heavy (non-hydrogen) atoms. The molecule has 1 aromatic carbocycles. The molecule has 0 aliphatic carbocycles. The molecule has 2 aromatic rings. The third-order valence-electron chi connectivity index (χ3n) is 5.98. The number of nitrogens with zero attached hydrogens (tertiary/aromatic N) is 3. The quantitative estimate of drug-likeness (QED) is 0.768. The zero-order chi connectivity index (χ0) is 20.4. The second kappa shape index (κ2) is 8.24. The number of carbonyl (C=O) groups excluding carboxylic acids is 1. The molecule has 0 spiro atoms. The maximum atomic E-state index is 12.8. The smallest absolute Gasteiger partial charge is 0.258 e. The lowest BCUT2D eigenvalue weighted by Crippen LogP contribution is -2.50. The second-order valence-electron chi connectivity index (χ2n) is 7.66. The first-order chi connectivity index (χ1) is 14.1. The Morgan fingerprint density at radius 1 is 1.21 bits per heavy atom. The highest BCUT2D eigenvalue weighted by Crippen LogP contribution is 2.38. The number of aromatic nitrogens is 2. The lowest BCUT2D eigenvalue weighted by Gasteiger charge is -2.39. The van der Waals surface area contributed by atoms with Crippen molar-refractivity contribution in [3.05, 3.63) is 41.6 Å². The van der Waals surface area contributed by atoms with E-state index in [-0.39, 0.29) is 23.8 Å². The van der Waals surface area contributed by atoms with Crippen LogP contribution >= 0.6 is 0 Å². The standard InChI is InChI=1S/C21H27N5O3/c1-28-18-6-4-3-5-13(18)12-26-15-7-8-16(26)10-14(9-15)24-19(27)17-11-23-21(22)25-20(17)29-2/h3-6,11,14-16H,7-10,12H2,1-2H3,(H,24,27)(H2,22,23,25). The average Bonchev–Trinajstić information content (AvgIpc) is 2.96. The number of hydrogen-bond donors (Lipinski definition) is 2. The molecule has 2 aliphatic heterocycles. The first-order valence-electron chi connectivity index (χ1n) is 9.94. The van der Waals surface area contributed by atoms with Gasteiger partial charge in [-0.3, -0.25) is 9.69 Å². The summed E-state index contributed by atoms with van der Waals surface area (Å²) >= 11 is 0. The molecule has 2 saturated heterocycles. The summed E-state index contributed by atoms with van der Waals surface area (Å²) in [6.45, 7) is 0.875. The molecule has 2 fully saturated rings. The number of amides is 1. The van der Waals surface area contributed by atoms with Crippen LogP contribution in [0.1, 0.15) is 41.6 Å². The lowest BCUT2D eigenvalue weighted by molar-refractivity contribution is 0.0822. The fourth-order valence-corrected chi connectivity index (χ4v) is 4.63. The third-order valence-corrected chi connectivity index (χ3v) is 5.98. The van der Waals surface area contributed by atoms with Crippen molar-refractivity contribution in [3.63, 3.8) is 0 Å². The molecule has 0 radical (unpaired) electrons. The van der Waals surface area contributed by atoms with Gasteiger partial charge in [0.2, 0.25) is 11.8 Å². The highest BCUT2D eigenvalue weighted by atomic mass is 16.5. The van der Waals surface area contributed by atoms with Crippen molar-refractivity contribution >= 4 is 11.9 Å². The van der Waals surface area contributed by atoms with Crippen LogP contribution in [0.2, 0.25) is 0 Å². The van der Waals surface area contributed by atoms with Gasteiger partial charge in [-0.1, -0.05) is 18.2 Å². The molecule has 2 atom stereocenters. The SMILES string of the molecule is COc1ccccc1CN1C2CCC1CC(NC(=O)c1cnc(N)nc1OC)C2. The molecule has 0 saturated carbocycles. The van der Waals surface area contributed by atoms with E-state index < -0.39 is 0 Å². The van der Waals surface area contributed by atoms with Gasteiger partial charge in [0.1, 0.15) is 11.3 Å². The van der Waals surface area contributed by atoms with E-state index in [2.05, 4.69) is 32.3 Å². The Hall–Kier alpha value is -2.87. The molecule has 2 unspecified atom stereocenters. The predicted molar refractivity (Wildman–Crippen MR) is 109 cm³/mol. The maximum Gasteiger partial charge on any atom is 0.258 e. The van der Waals surface area contributed by atoms with Crippen LogP contribution in [0, 0.1) is 0 Å². The molecular weight excluding hydrogens is 370 g/mol. The number of anilines is 1. The van der Waals surface area contributed by atoms with E-state index in [1.807, 2.05) is 12.1 Å². The highest BCUT2D eigenvalue weighted by Gasteiger charge is 2.41. The van der Waals surface area contributed by atoms with Crippen molar-refractivity contribution in [2.75, 3.05) is 20.0 Å². The Balaban J connectivity index is 1.42. The first kappa shape index (κ1) is 19.4. The molecule has 8 heteroatoms. The Morgan fingerprint density at radius 3 is 2.62 bits per heavy atom. The molecule has 2 aliphatic rings. The van der Waals surface area contributed by atoms with Crippen LogP contribution in [0.25, 0.3) is 0 Å². The van der Waals surface area contributed by atoms with Gasteiger partial charge in [-0.25, -0.2) is 4.98 Å². The number of nitrogens with one attached hydrogen (secondary N) is 1. The third kappa shape index (κ3) is 3.98. The summed E-state index contributed by atoms with van der Waals surface area (Å²) in [6.07, 6.45) is 5.58. The van der Waals surface area contributed by atoms with Gasteiger partial charge < -0.3 is 20.5 Å². The summed E-state index contributed by atoms with van der Waals surface area (Å²) in [4.78, 5) is 23.2. The van der Waals surface area contributed by atoms with Gasteiger partial charge in [-0.2, -0.15) is 4.98 Å². The summed E-state index contributed by atoms with van der Waals surface area (Å²) in [6, 6.07) is 9.20. The van der Waals surface area contributed by atoms with Gasteiger partial charge in [-0.05, 0) is 31.7 Å². The van der Waals surface area contributed by atoms with Crippen LogP contribution in [0.3, 0.4) is 0 Å². The Kier molecular flexibility index (Phi) is 5.53. The fourth-order valence-electron chi connectivity index (χ4n) is 4.63. The van der Waals surface area contributed by atoms with E-state index in [0.29, 0.717) is 17.6 Å². The average molecular weight is 397 g/mol. The number of nitrogen functional groups attached to an aromatic ring is 1. The van der Waals surface area contributed by atoms with E-state index in [9.17, 15) is 4.79 Å². The van der Waals surface area contributed by atoms with Crippen molar-refractivity contribution in [2.45, 2.75) is 50.4 Å². The van der Waals surface area contributed by atoms with Crippen LogP contribution in [-0.2, 0) is 6.54 Å². The minimum Gasteiger partial charge on any atom is -0.496 e. The topological polar surface area (TPSA) is 103 Å². The summed E-state index contributed by atoms with van der Waals surface area (Å²) < 4.78 is 10.7. The van der Waals surface area contributed by atoms with Gasteiger partial charge in [0.15, 0.2) is 0 Å². The van der Waals surface area contributed by atoms with Crippen LogP contribution in [0.5, 0.6) is 11.6 Å².